The molecular weight excluding hydrogens is 238 g/mol. The third kappa shape index (κ3) is 5.21. The standard InChI is InChI=1S/C16H27NO2/c1-4-7-14(10-11-18)12-17-13(2)15-8-5-6-9-16(15)19-3/h5-6,8-9,13-14,17-18H,4,7,10-12H2,1-3H3. The Kier molecular flexibility index (Phi) is 7.53. The highest BCUT2D eigenvalue weighted by molar-refractivity contribution is 5.35. The average Bonchev–Trinajstić information content (AvgIpc) is 2.44. The fraction of sp³-hybridized carbons (Fsp3) is 0.625. The molecule has 2 atom stereocenters. The molecule has 0 bridgehead atoms. The zero-order valence-corrected chi connectivity index (χ0v) is 12.4. The van der Waals surface area contributed by atoms with Crippen LogP contribution < -0.4 is 10.1 Å². The topological polar surface area (TPSA) is 41.5 Å². The van der Waals surface area contributed by atoms with Crippen molar-refractivity contribution >= 4 is 0 Å². The number of benzene rings is 1. The number of aliphatic hydroxyl groups excluding tert-OH is 1. The van der Waals surface area contributed by atoms with Gasteiger partial charge in [0.15, 0.2) is 0 Å². The average molecular weight is 265 g/mol. The molecule has 0 fully saturated rings. The molecule has 0 saturated carbocycles. The number of para-hydroxylation sites is 1. The summed E-state index contributed by atoms with van der Waals surface area (Å²) in [5, 5.41) is 12.6. The van der Waals surface area contributed by atoms with Crippen LogP contribution in [-0.2, 0) is 0 Å². The molecule has 1 rings (SSSR count). The molecule has 2 N–H and O–H groups in total. The van der Waals surface area contributed by atoms with Crippen LogP contribution in [0.2, 0.25) is 0 Å². The van der Waals surface area contributed by atoms with E-state index in [2.05, 4.69) is 25.2 Å². The zero-order valence-electron chi connectivity index (χ0n) is 12.4. The predicted molar refractivity (Wildman–Crippen MR) is 79.5 cm³/mol. The Labute approximate surface area is 117 Å². The van der Waals surface area contributed by atoms with Gasteiger partial charge in [0.2, 0.25) is 0 Å². The maximum Gasteiger partial charge on any atom is 0.123 e. The van der Waals surface area contributed by atoms with Crippen LogP contribution in [0.4, 0.5) is 0 Å². The van der Waals surface area contributed by atoms with Gasteiger partial charge in [0.1, 0.15) is 5.75 Å². The lowest BCUT2D eigenvalue weighted by Gasteiger charge is -2.21. The number of aliphatic hydroxyl groups is 1. The molecule has 0 aliphatic carbocycles. The Hall–Kier alpha value is -1.06. The van der Waals surface area contributed by atoms with Gasteiger partial charge in [-0.1, -0.05) is 31.5 Å². The van der Waals surface area contributed by atoms with Crippen molar-refractivity contribution < 1.29 is 9.84 Å². The summed E-state index contributed by atoms with van der Waals surface area (Å²) >= 11 is 0. The second-order valence-corrected chi connectivity index (χ2v) is 5.04. The number of methoxy groups -OCH3 is 1. The first kappa shape index (κ1) is 16.0. The molecule has 0 aliphatic rings. The van der Waals surface area contributed by atoms with E-state index in [1.807, 2.05) is 18.2 Å². The summed E-state index contributed by atoms with van der Waals surface area (Å²) < 4.78 is 5.39. The first-order valence-electron chi connectivity index (χ1n) is 7.20. The Morgan fingerprint density at radius 1 is 1.26 bits per heavy atom. The third-order valence-corrected chi connectivity index (χ3v) is 3.55. The lowest BCUT2D eigenvalue weighted by Crippen LogP contribution is -2.26. The highest BCUT2D eigenvalue weighted by Gasteiger charge is 2.13. The zero-order chi connectivity index (χ0) is 14.1. The normalized spacial score (nSPS) is 14.1. The maximum absolute atomic E-state index is 9.08. The van der Waals surface area contributed by atoms with Crippen molar-refractivity contribution in [1.29, 1.82) is 0 Å². The van der Waals surface area contributed by atoms with Crippen LogP contribution in [-0.4, -0.2) is 25.4 Å². The van der Waals surface area contributed by atoms with Gasteiger partial charge in [-0.25, -0.2) is 0 Å². The van der Waals surface area contributed by atoms with Gasteiger partial charge in [-0.2, -0.15) is 0 Å². The molecule has 19 heavy (non-hydrogen) atoms. The van der Waals surface area contributed by atoms with E-state index < -0.39 is 0 Å². The molecular formula is C16H27NO2. The minimum Gasteiger partial charge on any atom is -0.496 e. The highest BCUT2D eigenvalue weighted by Crippen LogP contribution is 2.24. The Morgan fingerprint density at radius 2 is 2.00 bits per heavy atom. The molecule has 108 valence electrons. The lowest BCUT2D eigenvalue weighted by molar-refractivity contribution is 0.245. The van der Waals surface area contributed by atoms with Gasteiger partial charge in [-0.05, 0) is 38.3 Å². The lowest BCUT2D eigenvalue weighted by atomic mass is 9.99. The molecule has 0 heterocycles. The smallest absolute Gasteiger partial charge is 0.123 e. The van der Waals surface area contributed by atoms with Gasteiger partial charge in [-0.3, -0.25) is 0 Å². The molecule has 0 saturated heterocycles. The monoisotopic (exact) mass is 265 g/mol. The van der Waals surface area contributed by atoms with E-state index in [0.717, 1.165) is 31.6 Å². The third-order valence-electron chi connectivity index (χ3n) is 3.55. The summed E-state index contributed by atoms with van der Waals surface area (Å²) in [6.45, 7) is 5.55. The van der Waals surface area contributed by atoms with E-state index >= 15 is 0 Å². The number of rotatable bonds is 9. The molecule has 0 amide bonds. The first-order valence-corrected chi connectivity index (χ1v) is 7.20. The molecule has 0 aromatic heterocycles. The molecule has 0 aliphatic heterocycles. The van der Waals surface area contributed by atoms with E-state index in [-0.39, 0.29) is 12.6 Å². The summed E-state index contributed by atoms with van der Waals surface area (Å²) in [5.74, 6) is 1.48. The Morgan fingerprint density at radius 3 is 2.63 bits per heavy atom. The quantitative estimate of drug-likeness (QED) is 0.720. The van der Waals surface area contributed by atoms with Crippen LogP contribution in [0.1, 0.15) is 44.7 Å². The van der Waals surface area contributed by atoms with Crippen LogP contribution in [0.3, 0.4) is 0 Å². The number of hydrogen-bond donors (Lipinski definition) is 2. The molecule has 0 spiro atoms. The number of hydrogen-bond acceptors (Lipinski definition) is 3. The SMILES string of the molecule is CCCC(CCO)CNC(C)c1ccccc1OC. The van der Waals surface area contributed by atoms with Gasteiger partial charge in [0, 0.05) is 18.2 Å². The minimum absolute atomic E-state index is 0.259. The van der Waals surface area contributed by atoms with Crippen molar-refractivity contribution in [2.75, 3.05) is 20.3 Å². The minimum atomic E-state index is 0.259. The van der Waals surface area contributed by atoms with Crippen molar-refractivity contribution in [3.63, 3.8) is 0 Å². The Balaban J connectivity index is 2.55. The summed E-state index contributed by atoms with van der Waals surface area (Å²) in [6.07, 6.45) is 3.20. The van der Waals surface area contributed by atoms with Crippen molar-refractivity contribution in [2.45, 2.75) is 39.2 Å². The van der Waals surface area contributed by atoms with Gasteiger partial charge in [0.05, 0.1) is 7.11 Å². The van der Waals surface area contributed by atoms with E-state index in [1.165, 1.54) is 5.56 Å². The molecule has 3 heteroatoms. The predicted octanol–water partition coefficient (Wildman–Crippen LogP) is 3.14. The van der Waals surface area contributed by atoms with Crippen LogP contribution >= 0.6 is 0 Å². The summed E-state index contributed by atoms with van der Waals surface area (Å²) in [6, 6.07) is 8.37. The largest absolute Gasteiger partial charge is 0.496 e. The van der Waals surface area contributed by atoms with Crippen molar-refractivity contribution in [1.82, 2.24) is 5.32 Å². The molecule has 1 aromatic carbocycles. The van der Waals surface area contributed by atoms with Gasteiger partial charge in [0.25, 0.3) is 0 Å². The first-order chi connectivity index (χ1) is 9.22. The van der Waals surface area contributed by atoms with Crippen LogP contribution in [0.15, 0.2) is 24.3 Å². The van der Waals surface area contributed by atoms with Crippen molar-refractivity contribution in [3.05, 3.63) is 29.8 Å². The molecule has 0 radical (unpaired) electrons. The van der Waals surface area contributed by atoms with E-state index in [9.17, 15) is 0 Å². The van der Waals surface area contributed by atoms with Crippen LogP contribution in [0.25, 0.3) is 0 Å². The fourth-order valence-corrected chi connectivity index (χ4v) is 2.42. The number of nitrogens with one attached hydrogen (secondary N) is 1. The Bertz CT molecular complexity index is 348. The van der Waals surface area contributed by atoms with Crippen molar-refractivity contribution in [2.24, 2.45) is 5.92 Å². The summed E-state index contributed by atoms with van der Waals surface area (Å²) in [5.41, 5.74) is 1.18. The summed E-state index contributed by atoms with van der Waals surface area (Å²) in [4.78, 5) is 0. The fourth-order valence-electron chi connectivity index (χ4n) is 2.42. The van der Waals surface area contributed by atoms with E-state index in [4.69, 9.17) is 9.84 Å². The van der Waals surface area contributed by atoms with Gasteiger partial charge >= 0.3 is 0 Å². The van der Waals surface area contributed by atoms with Gasteiger partial charge in [-0.15, -0.1) is 0 Å². The van der Waals surface area contributed by atoms with Crippen LogP contribution in [0.5, 0.6) is 5.75 Å². The van der Waals surface area contributed by atoms with Gasteiger partial charge < -0.3 is 15.2 Å². The summed E-state index contributed by atoms with van der Waals surface area (Å²) in [7, 11) is 1.71. The highest BCUT2D eigenvalue weighted by atomic mass is 16.5. The van der Waals surface area contributed by atoms with E-state index in [1.54, 1.807) is 7.11 Å². The molecule has 3 nitrogen and oxygen atoms in total. The molecule has 2 unspecified atom stereocenters. The number of ether oxygens (including phenoxy) is 1. The van der Waals surface area contributed by atoms with Crippen molar-refractivity contribution in [3.8, 4) is 5.75 Å². The van der Waals surface area contributed by atoms with E-state index in [0.29, 0.717) is 5.92 Å². The maximum atomic E-state index is 9.08. The second-order valence-electron chi connectivity index (χ2n) is 5.04. The molecule has 1 aromatic rings. The van der Waals surface area contributed by atoms with Crippen LogP contribution in [0, 0.1) is 5.92 Å². The second kappa shape index (κ2) is 8.94.